The van der Waals surface area contributed by atoms with Crippen molar-refractivity contribution >= 4 is 28.8 Å². The van der Waals surface area contributed by atoms with Crippen LogP contribution in [-0.4, -0.2) is 5.25 Å². The van der Waals surface area contributed by atoms with E-state index in [1.54, 1.807) is 0 Å². The summed E-state index contributed by atoms with van der Waals surface area (Å²) in [6.07, 6.45) is 9.13. The third-order valence-corrected chi connectivity index (χ3v) is 9.11. The lowest BCUT2D eigenvalue weighted by Crippen LogP contribution is -2.17. The van der Waals surface area contributed by atoms with Crippen LogP contribution in [0.4, 0.5) is 17.1 Å². The van der Waals surface area contributed by atoms with E-state index < -0.39 is 0 Å². The highest BCUT2D eigenvalue weighted by Crippen LogP contribution is 2.56. The van der Waals surface area contributed by atoms with Gasteiger partial charge in [-0.15, -0.1) is 11.8 Å². The quantitative estimate of drug-likeness (QED) is 0.294. The molecule has 0 fully saturated rings. The Morgan fingerprint density at radius 1 is 0.657 bits per heavy atom. The number of rotatable bonds is 3. The minimum absolute atomic E-state index is 0.0499. The van der Waals surface area contributed by atoms with Crippen LogP contribution < -0.4 is 4.90 Å². The Hall–Kier alpha value is -3.49. The second-order valence-corrected chi connectivity index (χ2v) is 11.4. The van der Waals surface area contributed by atoms with Gasteiger partial charge in [-0.25, -0.2) is 0 Å². The number of allylic oxidation sites excluding steroid dienone is 3. The standard InChI is InChI=1S/C33H27NS/c1-33(2)29-19-24(34(22-11-5-3-6-12-22)23-13-7-4-8-14-23)17-18-25(29)27-21-32-28(20-30(27)33)26-15-9-10-16-31(26)35-32/h3-21,26,31H,1-2H3. The third-order valence-electron chi connectivity index (χ3n) is 7.78. The monoisotopic (exact) mass is 469 g/mol. The summed E-state index contributed by atoms with van der Waals surface area (Å²) in [7, 11) is 0. The van der Waals surface area contributed by atoms with Gasteiger partial charge in [-0.3, -0.25) is 0 Å². The fraction of sp³-hybridized carbons (Fsp3) is 0.152. The number of hydrogen-bond donors (Lipinski definition) is 0. The first-order chi connectivity index (χ1) is 17.1. The highest BCUT2D eigenvalue weighted by molar-refractivity contribution is 8.00. The van der Waals surface area contributed by atoms with Crippen molar-refractivity contribution in [3.05, 3.63) is 132 Å². The SMILES string of the molecule is CC1(C)c2cc(N(c3ccccc3)c3ccccc3)ccc2-c2cc3c(cc21)C1C=CC=CC1S3. The number of hydrogen-bond acceptors (Lipinski definition) is 2. The molecule has 2 atom stereocenters. The molecule has 170 valence electrons. The summed E-state index contributed by atoms with van der Waals surface area (Å²) in [5.41, 5.74) is 10.6. The van der Waals surface area contributed by atoms with Crippen molar-refractivity contribution in [3.8, 4) is 11.1 Å². The molecule has 0 N–H and O–H groups in total. The zero-order valence-corrected chi connectivity index (χ0v) is 20.8. The number of para-hydroxylation sites is 2. The molecule has 3 aliphatic rings. The predicted octanol–water partition coefficient (Wildman–Crippen LogP) is 9.15. The van der Waals surface area contributed by atoms with E-state index in [2.05, 4.69) is 134 Å². The molecule has 35 heavy (non-hydrogen) atoms. The summed E-state index contributed by atoms with van der Waals surface area (Å²) in [6.45, 7) is 4.78. The first kappa shape index (κ1) is 20.8. The molecule has 4 aromatic rings. The van der Waals surface area contributed by atoms with Crippen molar-refractivity contribution < 1.29 is 0 Å². The van der Waals surface area contributed by atoms with E-state index in [0.29, 0.717) is 11.2 Å². The average Bonchev–Trinajstić information content (AvgIpc) is 3.36. The van der Waals surface area contributed by atoms with Crippen LogP contribution in [0.25, 0.3) is 11.1 Å². The number of fused-ring (bicyclic) bond motifs is 6. The molecule has 0 amide bonds. The Bertz CT molecular complexity index is 1460. The molecule has 2 heteroatoms. The van der Waals surface area contributed by atoms with E-state index in [-0.39, 0.29) is 5.41 Å². The normalized spacial score (nSPS) is 20.2. The van der Waals surface area contributed by atoms with Gasteiger partial charge in [0.1, 0.15) is 0 Å². The molecule has 0 saturated carbocycles. The molecule has 0 aromatic heterocycles. The van der Waals surface area contributed by atoms with Crippen LogP contribution in [0.3, 0.4) is 0 Å². The molecule has 2 aliphatic carbocycles. The molecule has 0 spiro atoms. The minimum atomic E-state index is -0.0499. The summed E-state index contributed by atoms with van der Waals surface area (Å²) in [4.78, 5) is 3.80. The number of benzene rings is 4. The third kappa shape index (κ3) is 3.17. The lowest BCUT2D eigenvalue weighted by atomic mass is 9.80. The van der Waals surface area contributed by atoms with Crippen LogP contribution >= 0.6 is 11.8 Å². The molecule has 0 bridgehead atoms. The van der Waals surface area contributed by atoms with Crippen LogP contribution in [0.2, 0.25) is 0 Å². The smallest absolute Gasteiger partial charge is 0.0465 e. The number of anilines is 3. The molecule has 1 aliphatic heterocycles. The largest absolute Gasteiger partial charge is 0.310 e. The van der Waals surface area contributed by atoms with Crippen molar-refractivity contribution in [3.63, 3.8) is 0 Å². The molecule has 4 aromatic carbocycles. The van der Waals surface area contributed by atoms with E-state index in [1.165, 1.54) is 49.8 Å². The Morgan fingerprint density at radius 3 is 2.03 bits per heavy atom. The van der Waals surface area contributed by atoms with Gasteiger partial charge < -0.3 is 4.90 Å². The highest BCUT2D eigenvalue weighted by Gasteiger charge is 2.40. The zero-order chi connectivity index (χ0) is 23.6. The second-order valence-electron chi connectivity index (χ2n) is 10.2. The minimum Gasteiger partial charge on any atom is -0.310 e. The van der Waals surface area contributed by atoms with Gasteiger partial charge in [0.15, 0.2) is 0 Å². The Kier molecular flexibility index (Phi) is 4.62. The van der Waals surface area contributed by atoms with Crippen LogP contribution in [0.1, 0.15) is 36.5 Å². The summed E-state index contributed by atoms with van der Waals surface area (Å²) >= 11 is 2.02. The van der Waals surface area contributed by atoms with Gasteiger partial charge in [-0.05, 0) is 70.3 Å². The van der Waals surface area contributed by atoms with Crippen molar-refractivity contribution in [1.82, 2.24) is 0 Å². The van der Waals surface area contributed by atoms with E-state index in [4.69, 9.17) is 0 Å². The summed E-state index contributed by atoms with van der Waals surface area (Å²) < 4.78 is 0. The summed E-state index contributed by atoms with van der Waals surface area (Å²) in [5.74, 6) is 0.493. The van der Waals surface area contributed by atoms with Crippen LogP contribution in [0.15, 0.2) is 120 Å². The number of thioether (sulfide) groups is 1. The van der Waals surface area contributed by atoms with Crippen molar-refractivity contribution in [2.45, 2.75) is 35.3 Å². The van der Waals surface area contributed by atoms with Crippen LogP contribution in [-0.2, 0) is 5.41 Å². The van der Waals surface area contributed by atoms with E-state index in [9.17, 15) is 0 Å². The molecule has 2 unspecified atom stereocenters. The highest BCUT2D eigenvalue weighted by atomic mass is 32.2. The lowest BCUT2D eigenvalue weighted by Gasteiger charge is -2.28. The van der Waals surface area contributed by atoms with Gasteiger partial charge in [0, 0.05) is 38.5 Å². The zero-order valence-electron chi connectivity index (χ0n) is 20.0. The molecular weight excluding hydrogens is 442 g/mol. The summed E-state index contributed by atoms with van der Waals surface area (Å²) in [6, 6.07) is 33.4. The fourth-order valence-corrected chi connectivity index (χ4v) is 7.36. The van der Waals surface area contributed by atoms with Gasteiger partial charge in [-0.2, -0.15) is 0 Å². The van der Waals surface area contributed by atoms with Gasteiger partial charge in [0.25, 0.3) is 0 Å². The Morgan fingerprint density at radius 2 is 1.31 bits per heavy atom. The Labute approximate surface area is 211 Å². The van der Waals surface area contributed by atoms with Gasteiger partial charge in [0.2, 0.25) is 0 Å². The van der Waals surface area contributed by atoms with Gasteiger partial charge >= 0.3 is 0 Å². The average molecular weight is 470 g/mol. The Balaban J connectivity index is 1.37. The fourth-order valence-electron chi connectivity index (χ4n) is 6.00. The molecule has 1 nitrogen and oxygen atoms in total. The summed E-state index contributed by atoms with van der Waals surface area (Å²) in [5, 5.41) is 0.535. The first-order valence-corrected chi connectivity index (χ1v) is 13.2. The molecular formula is C33H27NS. The first-order valence-electron chi connectivity index (χ1n) is 12.4. The van der Waals surface area contributed by atoms with Gasteiger partial charge in [-0.1, -0.05) is 86.7 Å². The van der Waals surface area contributed by atoms with Gasteiger partial charge in [0.05, 0.1) is 0 Å². The van der Waals surface area contributed by atoms with E-state index >= 15 is 0 Å². The van der Waals surface area contributed by atoms with E-state index in [0.717, 1.165) is 0 Å². The van der Waals surface area contributed by atoms with Crippen LogP contribution in [0, 0.1) is 0 Å². The lowest BCUT2D eigenvalue weighted by molar-refractivity contribution is 0.657. The maximum atomic E-state index is 2.51. The van der Waals surface area contributed by atoms with Crippen LogP contribution in [0.5, 0.6) is 0 Å². The topological polar surface area (TPSA) is 3.24 Å². The van der Waals surface area contributed by atoms with E-state index in [1.807, 2.05) is 11.8 Å². The maximum Gasteiger partial charge on any atom is 0.0465 e. The predicted molar refractivity (Wildman–Crippen MR) is 149 cm³/mol. The van der Waals surface area contributed by atoms with Crippen molar-refractivity contribution in [1.29, 1.82) is 0 Å². The molecule has 0 saturated heterocycles. The van der Waals surface area contributed by atoms with Crippen molar-refractivity contribution in [2.75, 3.05) is 4.90 Å². The molecule has 0 radical (unpaired) electrons. The maximum absolute atomic E-state index is 2.51. The molecule has 7 rings (SSSR count). The molecule has 1 heterocycles. The number of nitrogens with zero attached hydrogens (tertiary/aromatic N) is 1. The second kappa shape index (κ2) is 7.76. The van der Waals surface area contributed by atoms with Crippen molar-refractivity contribution in [2.24, 2.45) is 0 Å².